The van der Waals surface area contributed by atoms with Crippen molar-refractivity contribution in [3.8, 4) is 11.5 Å². The summed E-state index contributed by atoms with van der Waals surface area (Å²) in [6, 6.07) is 10.3. The molecule has 158 valence electrons. The van der Waals surface area contributed by atoms with E-state index in [1.807, 2.05) is 32.0 Å². The summed E-state index contributed by atoms with van der Waals surface area (Å²) < 4.78 is 40.8. The van der Waals surface area contributed by atoms with Gasteiger partial charge in [0.25, 0.3) is 11.1 Å². The molecule has 0 aliphatic rings. The second kappa shape index (κ2) is 9.71. The van der Waals surface area contributed by atoms with Crippen LogP contribution in [0.4, 0.5) is 8.78 Å². The number of rotatable bonds is 9. The number of thioether (sulfide) groups is 1. The molecule has 30 heavy (non-hydrogen) atoms. The van der Waals surface area contributed by atoms with Gasteiger partial charge in [-0.15, -0.1) is 10.2 Å². The summed E-state index contributed by atoms with van der Waals surface area (Å²) in [5.41, 5.74) is 2.90. The first kappa shape index (κ1) is 21.8. The molecule has 0 aliphatic heterocycles. The molecule has 0 saturated heterocycles. The minimum Gasteiger partial charge on any atom is -0.484 e. The molecular formula is C21H20F2N2O4S. The number of aryl methyl sites for hydroxylation is 3. The molecule has 9 heteroatoms. The van der Waals surface area contributed by atoms with Crippen molar-refractivity contribution in [1.29, 1.82) is 0 Å². The van der Waals surface area contributed by atoms with Crippen LogP contribution in [-0.2, 0) is 6.61 Å². The van der Waals surface area contributed by atoms with E-state index < -0.39 is 6.61 Å². The van der Waals surface area contributed by atoms with Crippen LogP contribution in [0.2, 0.25) is 0 Å². The number of carbonyl (C=O) groups excluding carboxylic acids is 1. The zero-order valence-corrected chi connectivity index (χ0v) is 17.5. The van der Waals surface area contributed by atoms with Gasteiger partial charge in [-0.05, 0) is 50.1 Å². The molecule has 0 fully saturated rings. The Bertz CT molecular complexity index is 1040. The molecule has 6 nitrogen and oxygen atoms in total. The van der Waals surface area contributed by atoms with Crippen molar-refractivity contribution >= 4 is 17.5 Å². The van der Waals surface area contributed by atoms with Gasteiger partial charge in [0, 0.05) is 0 Å². The Labute approximate surface area is 176 Å². The topological polar surface area (TPSA) is 74.5 Å². The number of nitrogens with zero attached hydrogens (tertiary/aromatic N) is 2. The first-order chi connectivity index (χ1) is 14.3. The number of hydrogen-bond acceptors (Lipinski definition) is 7. The van der Waals surface area contributed by atoms with Crippen molar-refractivity contribution in [3.05, 3.63) is 64.5 Å². The first-order valence-electron chi connectivity index (χ1n) is 9.05. The Kier molecular flexibility index (Phi) is 7.04. The van der Waals surface area contributed by atoms with Crippen LogP contribution < -0.4 is 9.47 Å². The molecule has 1 heterocycles. The van der Waals surface area contributed by atoms with E-state index in [0.29, 0.717) is 0 Å². The maximum absolute atomic E-state index is 12.6. The Hall–Kier alpha value is -2.94. The van der Waals surface area contributed by atoms with Gasteiger partial charge in [0.05, 0.1) is 11.3 Å². The quantitative estimate of drug-likeness (QED) is 0.341. The number of ketones is 1. The molecule has 0 saturated carbocycles. The number of hydrogen-bond donors (Lipinski definition) is 0. The van der Waals surface area contributed by atoms with Crippen molar-refractivity contribution in [2.75, 3.05) is 5.75 Å². The Balaban J connectivity index is 1.59. The average molecular weight is 434 g/mol. The minimum atomic E-state index is -3.01. The molecule has 0 amide bonds. The van der Waals surface area contributed by atoms with E-state index in [2.05, 4.69) is 14.9 Å². The fourth-order valence-corrected chi connectivity index (χ4v) is 3.29. The van der Waals surface area contributed by atoms with Crippen LogP contribution in [0.25, 0.3) is 0 Å². The molecule has 3 rings (SSSR count). The Morgan fingerprint density at radius 1 is 1.07 bits per heavy atom. The second-order valence-electron chi connectivity index (χ2n) is 6.61. The predicted octanol–water partition coefficient (Wildman–Crippen LogP) is 5.15. The normalized spacial score (nSPS) is 11.0. The summed E-state index contributed by atoms with van der Waals surface area (Å²) >= 11 is 1.02. The summed E-state index contributed by atoms with van der Waals surface area (Å²) in [5.74, 6) is 0.384. The van der Waals surface area contributed by atoms with Gasteiger partial charge < -0.3 is 13.9 Å². The van der Waals surface area contributed by atoms with Crippen LogP contribution in [0, 0.1) is 20.8 Å². The molecule has 2 aromatic carbocycles. The van der Waals surface area contributed by atoms with Gasteiger partial charge in [-0.1, -0.05) is 35.5 Å². The smallest absolute Gasteiger partial charge is 0.387 e. The average Bonchev–Trinajstić information content (AvgIpc) is 3.15. The van der Waals surface area contributed by atoms with Crippen molar-refractivity contribution < 1.29 is 27.5 Å². The highest BCUT2D eigenvalue weighted by Crippen LogP contribution is 2.26. The SMILES string of the molecule is Cc1ccc(C)c(OCc2nnc(SCC(=O)c3cc(C)ccc3OC(F)F)o2)c1. The monoisotopic (exact) mass is 434 g/mol. The fraction of sp³-hybridized carbons (Fsp3) is 0.286. The third-order valence-electron chi connectivity index (χ3n) is 4.12. The summed E-state index contributed by atoms with van der Waals surface area (Å²) in [7, 11) is 0. The summed E-state index contributed by atoms with van der Waals surface area (Å²) in [6.45, 7) is 2.75. The van der Waals surface area contributed by atoms with E-state index in [4.69, 9.17) is 9.15 Å². The van der Waals surface area contributed by atoms with Crippen LogP contribution in [0.1, 0.15) is 32.9 Å². The summed E-state index contributed by atoms with van der Waals surface area (Å²) in [6.07, 6.45) is 0. The zero-order chi connectivity index (χ0) is 21.7. The van der Waals surface area contributed by atoms with Crippen LogP contribution in [0.15, 0.2) is 46.0 Å². The highest BCUT2D eigenvalue weighted by molar-refractivity contribution is 7.99. The number of halogens is 2. The fourth-order valence-electron chi connectivity index (χ4n) is 2.62. The summed E-state index contributed by atoms with van der Waals surface area (Å²) in [4.78, 5) is 12.5. The van der Waals surface area contributed by atoms with Crippen LogP contribution in [0.3, 0.4) is 0 Å². The van der Waals surface area contributed by atoms with Gasteiger partial charge in [-0.3, -0.25) is 4.79 Å². The van der Waals surface area contributed by atoms with E-state index >= 15 is 0 Å². The third-order valence-corrected chi connectivity index (χ3v) is 4.94. The molecule has 1 aromatic heterocycles. The Morgan fingerprint density at radius 3 is 2.57 bits per heavy atom. The van der Waals surface area contributed by atoms with Crippen LogP contribution >= 0.6 is 11.8 Å². The maximum Gasteiger partial charge on any atom is 0.387 e. The lowest BCUT2D eigenvalue weighted by Gasteiger charge is -2.10. The van der Waals surface area contributed by atoms with Crippen molar-refractivity contribution in [2.24, 2.45) is 0 Å². The number of benzene rings is 2. The first-order valence-corrected chi connectivity index (χ1v) is 10.0. The van der Waals surface area contributed by atoms with Gasteiger partial charge in [0.1, 0.15) is 11.5 Å². The molecule has 0 N–H and O–H groups in total. The van der Waals surface area contributed by atoms with Gasteiger partial charge >= 0.3 is 6.61 Å². The number of Topliss-reactive ketones (excluding diaryl/α,β-unsaturated/α-hetero) is 1. The van der Waals surface area contributed by atoms with Gasteiger partial charge in [0.15, 0.2) is 12.4 Å². The zero-order valence-electron chi connectivity index (χ0n) is 16.6. The lowest BCUT2D eigenvalue weighted by molar-refractivity contribution is -0.0501. The molecule has 0 bridgehead atoms. The molecule has 0 unspecified atom stereocenters. The summed E-state index contributed by atoms with van der Waals surface area (Å²) in [5, 5.41) is 7.98. The van der Waals surface area contributed by atoms with E-state index in [1.54, 1.807) is 13.0 Å². The van der Waals surface area contributed by atoms with E-state index in [1.165, 1.54) is 12.1 Å². The number of carbonyl (C=O) groups is 1. The van der Waals surface area contributed by atoms with Gasteiger partial charge in [-0.2, -0.15) is 8.78 Å². The molecule has 0 spiro atoms. The maximum atomic E-state index is 12.6. The van der Waals surface area contributed by atoms with Crippen molar-refractivity contribution in [1.82, 2.24) is 10.2 Å². The molecule has 3 aromatic rings. The predicted molar refractivity (Wildman–Crippen MR) is 107 cm³/mol. The van der Waals surface area contributed by atoms with Crippen molar-refractivity contribution in [3.63, 3.8) is 0 Å². The Morgan fingerprint density at radius 2 is 1.80 bits per heavy atom. The second-order valence-corrected chi connectivity index (χ2v) is 7.54. The molecule has 0 atom stereocenters. The minimum absolute atomic E-state index is 0.0669. The van der Waals surface area contributed by atoms with E-state index in [-0.39, 0.29) is 40.6 Å². The molecular weight excluding hydrogens is 414 g/mol. The lowest BCUT2D eigenvalue weighted by Crippen LogP contribution is -2.10. The molecule has 0 aliphatic carbocycles. The number of aromatic nitrogens is 2. The highest BCUT2D eigenvalue weighted by Gasteiger charge is 2.18. The highest BCUT2D eigenvalue weighted by atomic mass is 32.2. The molecule has 0 radical (unpaired) electrons. The van der Waals surface area contributed by atoms with E-state index in [9.17, 15) is 13.6 Å². The van der Waals surface area contributed by atoms with Gasteiger partial charge in [-0.25, -0.2) is 0 Å². The lowest BCUT2D eigenvalue weighted by atomic mass is 10.1. The van der Waals surface area contributed by atoms with Crippen LogP contribution in [-0.4, -0.2) is 28.3 Å². The third kappa shape index (κ3) is 5.79. The van der Waals surface area contributed by atoms with E-state index in [0.717, 1.165) is 34.2 Å². The van der Waals surface area contributed by atoms with Crippen LogP contribution in [0.5, 0.6) is 11.5 Å². The van der Waals surface area contributed by atoms with Gasteiger partial charge in [0.2, 0.25) is 0 Å². The number of alkyl halides is 2. The number of ether oxygens (including phenoxy) is 2. The standard InChI is InChI=1S/C21H20F2N2O4S/c1-12-5-7-17(28-20(22)23)15(8-12)16(26)11-30-21-25-24-19(29-21)10-27-18-9-13(2)4-6-14(18)3/h4-9,20H,10-11H2,1-3H3. The largest absolute Gasteiger partial charge is 0.484 e. The van der Waals surface area contributed by atoms with Crippen molar-refractivity contribution in [2.45, 2.75) is 39.2 Å².